The van der Waals surface area contributed by atoms with E-state index in [2.05, 4.69) is 20.9 Å². The fourth-order valence-electron chi connectivity index (χ4n) is 6.86. The van der Waals surface area contributed by atoms with Gasteiger partial charge in [0.05, 0.1) is 13.7 Å². The Hall–Kier alpha value is -4.77. The molecule has 50 heavy (non-hydrogen) atoms. The van der Waals surface area contributed by atoms with Gasteiger partial charge < -0.3 is 34.9 Å². The summed E-state index contributed by atoms with van der Waals surface area (Å²) < 4.78 is 23.3. The number of fused-ring (bicyclic) bond motifs is 2. The Kier molecular flexibility index (Phi) is 12.6. The van der Waals surface area contributed by atoms with Crippen molar-refractivity contribution in [2.75, 3.05) is 30.9 Å². The lowest BCUT2D eigenvalue weighted by Gasteiger charge is -2.44. The first-order chi connectivity index (χ1) is 24.2. The quantitative estimate of drug-likeness (QED) is 0.102. The van der Waals surface area contributed by atoms with E-state index >= 15 is 0 Å². The molecule has 5 rings (SSSR count). The highest BCUT2D eigenvalue weighted by atomic mass is 16.5. The maximum atomic E-state index is 13.1. The molecule has 0 unspecified atom stereocenters. The molecule has 268 valence electrons. The zero-order chi connectivity index (χ0) is 35.5. The van der Waals surface area contributed by atoms with Gasteiger partial charge in [0.25, 0.3) is 5.91 Å². The minimum atomic E-state index is -0.329. The number of hydrogen-bond acceptors (Lipinski definition) is 8. The highest BCUT2D eigenvalue weighted by Gasteiger charge is 2.50. The summed E-state index contributed by atoms with van der Waals surface area (Å²) in [4.78, 5) is 39.0. The highest BCUT2D eigenvalue weighted by molar-refractivity contribution is 6.04. The Balaban J connectivity index is 1.13. The van der Waals surface area contributed by atoms with Crippen molar-refractivity contribution >= 4 is 29.3 Å². The molecule has 2 heterocycles. The van der Waals surface area contributed by atoms with Gasteiger partial charge in [-0.25, -0.2) is 4.79 Å². The van der Waals surface area contributed by atoms with E-state index in [9.17, 15) is 14.4 Å². The van der Waals surface area contributed by atoms with Gasteiger partial charge in [-0.2, -0.15) is 0 Å². The maximum absolute atomic E-state index is 13.1. The van der Waals surface area contributed by atoms with Crippen LogP contribution in [0.3, 0.4) is 0 Å². The molecule has 2 aliphatic rings. The van der Waals surface area contributed by atoms with Crippen LogP contribution in [-0.4, -0.2) is 60.9 Å². The average Bonchev–Trinajstić information content (AvgIpc) is 3.29. The van der Waals surface area contributed by atoms with Crippen LogP contribution in [0.1, 0.15) is 88.9 Å². The van der Waals surface area contributed by atoms with Crippen LogP contribution in [0.2, 0.25) is 0 Å². The van der Waals surface area contributed by atoms with Crippen molar-refractivity contribution in [3.8, 4) is 23.0 Å². The summed E-state index contributed by atoms with van der Waals surface area (Å²) in [7, 11) is 1.54. The van der Waals surface area contributed by atoms with Crippen molar-refractivity contribution in [2.45, 2.75) is 96.4 Å². The van der Waals surface area contributed by atoms with E-state index in [1.807, 2.05) is 26.0 Å². The van der Waals surface area contributed by atoms with Crippen molar-refractivity contribution in [1.29, 1.82) is 0 Å². The zero-order valence-electron chi connectivity index (χ0n) is 29.6. The number of rotatable bonds is 16. The van der Waals surface area contributed by atoms with E-state index in [4.69, 9.17) is 18.9 Å². The predicted molar refractivity (Wildman–Crippen MR) is 193 cm³/mol. The molecule has 2 saturated heterocycles. The smallest absolute Gasteiger partial charge is 0.319 e. The number of nitrogens with zero attached hydrogens (tertiary/aromatic N) is 1. The highest BCUT2D eigenvalue weighted by Crippen LogP contribution is 2.45. The van der Waals surface area contributed by atoms with E-state index < -0.39 is 0 Å². The molecule has 0 saturated carbocycles. The monoisotopic (exact) mass is 686 g/mol. The Morgan fingerprint density at radius 1 is 0.860 bits per heavy atom. The van der Waals surface area contributed by atoms with Crippen molar-refractivity contribution in [2.24, 2.45) is 0 Å². The summed E-state index contributed by atoms with van der Waals surface area (Å²) in [5, 5.41) is 8.74. The number of methoxy groups -OCH3 is 1. The zero-order valence-corrected chi connectivity index (χ0v) is 29.6. The minimum Gasteiger partial charge on any atom is -0.493 e. The molecule has 0 radical (unpaired) electrons. The fraction of sp³-hybridized carbons (Fsp3) is 0.462. The number of amides is 3. The molecule has 0 aliphatic carbocycles. The van der Waals surface area contributed by atoms with Crippen LogP contribution in [-0.2, 0) is 9.53 Å². The summed E-state index contributed by atoms with van der Waals surface area (Å²) in [5.74, 6) is 1.80. The van der Waals surface area contributed by atoms with Crippen LogP contribution in [0.15, 0.2) is 66.7 Å². The number of unbranched alkanes of at least 4 members (excludes halogenated alkanes) is 1. The number of esters is 1. The third-order valence-corrected chi connectivity index (χ3v) is 9.54. The Morgan fingerprint density at radius 3 is 2.28 bits per heavy atom. The molecule has 3 N–H and O–H groups in total. The van der Waals surface area contributed by atoms with Crippen LogP contribution in [0.5, 0.6) is 23.0 Å². The van der Waals surface area contributed by atoms with E-state index in [1.165, 1.54) is 13.3 Å². The summed E-state index contributed by atoms with van der Waals surface area (Å²) in [6.07, 6.45) is 8.88. The van der Waals surface area contributed by atoms with Crippen LogP contribution in [0, 0.1) is 0 Å². The first-order valence-electron chi connectivity index (χ1n) is 17.8. The summed E-state index contributed by atoms with van der Waals surface area (Å²) in [6, 6.07) is 20.0. The van der Waals surface area contributed by atoms with E-state index in [-0.39, 0.29) is 29.7 Å². The molecule has 0 aromatic heterocycles. The Labute approximate surface area is 295 Å². The molecule has 11 nitrogen and oxygen atoms in total. The fourth-order valence-corrected chi connectivity index (χ4v) is 6.86. The van der Waals surface area contributed by atoms with Gasteiger partial charge >= 0.3 is 12.0 Å². The van der Waals surface area contributed by atoms with Gasteiger partial charge in [-0.3, -0.25) is 14.5 Å². The number of benzene rings is 3. The number of anilines is 2. The number of carbonyl (C=O) groups excluding carboxylic acids is 3. The largest absolute Gasteiger partial charge is 0.493 e. The Bertz CT molecular complexity index is 1590. The standard InChI is InChI=1S/C39H50N4O7/c1-5-29(6-2)41-38(46)42-31-15-20-35(36(26-31)47-4)49-33-18-13-30(14-19-33)40-37(45)28-11-16-34(17-12-28)50-39-22-9-10-32(21-23-39)43(39)24-7-8-25-48-27(3)44/h11-20,26,29,32H,5-10,21-25H2,1-4H3,(H,40,45)(H2,41,42,46)/t32-,39-/m1/s1. The van der Waals surface area contributed by atoms with Crippen molar-refractivity contribution < 1.29 is 33.3 Å². The SMILES string of the molecule is CCC(CC)NC(=O)Nc1ccc(Oc2ccc(NC(=O)c3ccc(O[C@]45CCC[C@H](CC4)N5CCCCOC(C)=O)cc3)cc2)c(OC)c1. The van der Waals surface area contributed by atoms with Crippen molar-refractivity contribution in [3.05, 3.63) is 72.3 Å². The molecule has 3 amide bonds. The third-order valence-electron chi connectivity index (χ3n) is 9.54. The van der Waals surface area contributed by atoms with Gasteiger partial charge in [-0.05, 0) is 106 Å². The van der Waals surface area contributed by atoms with Gasteiger partial charge in [0.1, 0.15) is 11.5 Å². The molecule has 3 aromatic carbocycles. The van der Waals surface area contributed by atoms with Crippen molar-refractivity contribution in [3.63, 3.8) is 0 Å². The molecule has 0 spiro atoms. The van der Waals surface area contributed by atoms with E-state index in [0.717, 1.165) is 63.7 Å². The second kappa shape index (κ2) is 17.2. The lowest BCUT2D eigenvalue weighted by atomic mass is 9.99. The number of ether oxygens (including phenoxy) is 4. The second-order valence-electron chi connectivity index (χ2n) is 13.0. The molecular formula is C39H50N4O7. The van der Waals surface area contributed by atoms with Gasteiger partial charge in [-0.15, -0.1) is 0 Å². The number of nitrogens with one attached hydrogen (secondary N) is 3. The molecule has 2 fully saturated rings. The summed E-state index contributed by atoms with van der Waals surface area (Å²) >= 11 is 0. The molecule has 2 atom stereocenters. The normalized spacial score (nSPS) is 18.3. The molecular weight excluding hydrogens is 636 g/mol. The first-order valence-corrected chi connectivity index (χ1v) is 17.8. The van der Waals surface area contributed by atoms with E-state index in [0.29, 0.717) is 46.8 Å². The van der Waals surface area contributed by atoms with Crippen LogP contribution in [0.4, 0.5) is 16.2 Å². The van der Waals surface area contributed by atoms with Gasteiger partial charge in [0.2, 0.25) is 0 Å². The molecule has 2 aliphatic heterocycles. The van der Waals surface area contributed by atoms with Crippen molar-refractivity contribution in [1.82, 2.24) is 10.2 Å². The summed E-state index contributed by atoms with van der Waals surface area (Å²) in [5.41, 5.74) is 1.41. The van der Waals surface area contributed by atoms with Gasteiger partial charge in [0.15, 0.2) is 17.2 Å². The third kappa shape index (κ3) is 9.47. The van der Waals surface area contributed by atoms with E-state index in [1.54, 1.807) is 61.7 Å². The topological polar surface area (TPSA) is 127 Å². The van der Waals surface area contributed by atoms with Gasteiger partial charge in [-0.1, -0.05) is 13.8 Å². The predicted octanol–water partition coefficient (Wildman–Crippen LogP) is 8.12. The van der Waals surface area contributed by atoms with Crippen LogP contribution < -0.4 is 30.2 Å². The molecule has 11 heteroatoms. The van der Waals surface area contributed by atoms with Gasteiger partial charge in [0, 0.05) is 61.4 Å². The lowest BCUT2D eigenvalue weighted by molar-refractivity contribution is -0.141. The minimum absolute atomic E-state index is 0.115. The number of hydrogen-bond donors (Lipinski definition) is 3. The average molecular weight is 687 g/mol. The van der Waals surface area contributed by atoms with Crippen LogP contribution in [0.25, 0.3) is 0 Å². The number of carbonyl (C=O) groups is 3. The van der Waals surface area contributed by atoms with Crippen LogP contribution >= 0.6 is 0 Å². The second-order valence-corrected chi connectivity index (χ2v) is 13.0. The lowest BCUT2D eigenvalue weighted by Crippen LogP contribution is -2.54. The summed E-state index contributed by atoms with van der Waals surface area (Å²) in [6.45, 7) is 6.87. The number of urea groups is 1. The first kappa shape index (κ1) is 36.5. The molecule has 2 bridgehead atoms. The maximum Gasteiger partial charge on any atom is 0.319 e. The Morgan fingerprint density at radius 2 is 1.58 bits per heavy atom. The number of piperidine rings is 1. The molecule has 3 aromatic rings.